The molecule has 0 spiro atoms. The van der Waals surface area contributed by atoms with Crippen molar-refractivity contribution in [2.45, 2.75) is 37.1 Å². The molecule has 2 saturated carbocycles. The van der Waals surface area contributed by atoms with Crippen molar-refractivity contribution in [2.24, 2.45) is 0 Å². The van der Waals surface area contributed by atoms with Gasteiger partial charge in [-0.25, -0.2) is 14.8 Å². The SMILES string of the molecule is COC(=O)c1nc(C2CC2)nc(NC2(/C=C\c3ccccc3)CC2)c1Cl. The summed E-state index contributed by atoms with van der Waals surface area (Å²) >= 11 is 6.42. The van der Waals surface area contributed by atoms with Gasteiger partial charge in [0.2, 0.25) is 0 Å². The molecule has 1 aromatic heterocycles. The molecule has 0 atom stereocenters. The first-order chi connectivity index (χ1) is 12.6. The molecule has 26 heavy (non-hydrogen) atoms. The third-order valence-electron chi connectivity index (χ3n) is 4.74. The maximum atomic E-state index is 12.0. The highest BCUT2D eigenvalue weighted by Gasteiger charge is 2.41. The Morgan fingerprint density at radius 1 is 1.27 bits per heavy atom. The summed E-state index contributed by atoms with van der Waals surface area (Å²) in [7, 11) is 1.33. The first-order valence-corrected chi connectivity index (χ1v) is 9.16. The molecule has 1 aromatic carbocycles. The highest BCUT2D eigenvalue weighted by Crippen LogP contribution is 2.44. The monoisotopic (exact) mass is 369 g/mol. The van der Waals surface area contributed by atoms with Gasteiger partial charge in [-0.05, 0) is 31.2 Å². The number of carbonyl (C=O) groups excluding carboxylic acids is 1. The molecule has 0 saturated heterocycles. The Labute approximate surface area is 157 Å². The van der Waals surface area contributed by atoms with Crippen LogP contribution in [0.3, 0.4) is 0 Å². The zero-order valence-corrected chi connectivity index (χ0v) is 15.3. The van der Waals surface area contributed by atoms with E-state index in [0.29, 0.717) is 17.6 Å². The largest absolute Gasteiger partial charge is 0.464 e. The first kappa shape index (κ1) is 17.0. The first-order valence-electron chi connectivity index (χ1n) is 8.78. The number of ether oxygens (including phenoxy) is 1. The van der Waals surface area contributed by atoms with Gasteiger partial charge in [-0.1, -0.05) is 54.1 Å². The fourth-order valence-electron chi connectivity index (χ4n) is 2.83. The van der Waals surface area contributed by atoms with Crippen LogP contribution in [0.5, 0.6) is 0 Å². The lowest BCUT2D eigenvalue weighted by molar-refractivity contribution is 0.0593. The predicted octanol–water partition coefficient (Wildman–Crippen LogP) is 4.45. The predicted molar refractivity (Wildman–Crippen MR) is 101 cm³/mol. The van der Waals surface area contributed by atoms with Crippen LogP contribution < -0.4 is 5.32 Å². The molecular formula is C20H20ClN3O2. The second-order valence-electron chi connectivity index (χ2n) is 6.88. The quantitative estimate of drug-likeness (QED) is 0.762. The highest BCUT2D eigenvalue weighted by atomic mass is 35.5. The molecule has 2 aromatic rings. The van der Waals surface area contributed by atoms with E-state index in [1.165, 1.54) is 7.11 Å². The highest BCUT2D eigenvalue weighted by molar-refractivity contribution is 6.35. The molecule has 0 unspecified atom stereocenters. The smallest absolute Gasteiger partial charge is 0.358 e. The van der Waals surface area contributed by atoms with E-state index in [0.717, 1.165) is 31.2 Å². The van der Waals surface area contributed by atoms with Gasteiger partial charge in [-0.2, -0.15) is 0 Å². The van der Waals surface area contributed by atoms with Gasteiger partial charge >= 0.3 is 5.97 Å². The topological polar surface area (TPSA) is 64.1 Å². The molecule has 1 N–H and O–H groups in total. The summed E-state index contributed by atoms with van der Waals surface area (Å²) in [5.41, 5.74) is 1.10. The molecule has 2 aliphatic carbocycles. The van der Waals surface area contributed by atoms with Crippen LogP contribution in [-0.4, -0.2) is 28.6 Å². The van der Waals surface area contributed by atoms with E-state index in [2.05, 4.69) is 39.6 Å². The lowest BCUT2D eigenvalue weighted by atomic mass is 10.1. The van der Waals surface area contributed by atoms with Crippen molar-refractivity contribution in [3.8, 4) is 0 Å². The van der Waals surface area contributed by atoms with Crippen molar-refractivity contribution in [3.63, 3.8) is 0 Å². The number of anilines is 1. The Hall–Kier alpha value is -2.40. The third-order valence-corrected chi connectivity index (χ3v) is 5.10. The maximum Gasteiger partial charge on any atom is 0.358 e. The van der Waals surface area contributed by atoms with Crippen LogP contribution in [0.4, 0.5) is 5.82 Å². The van der Waals surface area contributed by atoms with E-state index in [4.69, 9.17) is 16.3 Å². The van der Waals surface area contributed by atoms with Crippen LogP contribution >= 0.6 is 11.6 Å². The Balaban J connectivity index is 1.62. The number of esters is 1. The van der Waals surface area contributed by atoms with E-state index in [1.807, 2.05) is 18.2 Å². The van der Waals surface area contributed by atoms with Crippen molar-refractivity contribution < 1.29 is 9.53 Å². The summed E-state index contributed by atoms with van der Waals surface area (Å²) in [5, 5.41) is 3.66. The van der Waals surface area contributed by atoms with E-state index in [-0.39, 0.29) is 16.3 Å². The molecule has 0 amide bonds. The molecule has 0 aliphatic heterocycles. The third kappa shape index (κ3) is 3.58. The van der Waals surface area contributed by atoms with Gasteiger partial charge in [-0.3, -0.25) is 0 Å². The van der Waals surface area contributed by atoms with Gasteiger partial charge < -0.3 is 10.1 Å². The average Bonchev–Trinajstić information content (AvgIpc) is 3.58. The minimum Gasteiger partial charge on any atom is -0.464 e. The van der Waals surface area contributed by atoms with Gasteiger partial charge in [0.25, 0.3) is 0 Å². The Kier molecular flexibility index (Phi) is 4.41. The molecule has 134 valence electrons. The molecule has 1 heterocycles. The van der Waals surface area contributed by atoms with Crippen LogP contribution in [0.15, 0.2) is 36.4 Å². The van der Waals surface area contributed by atoms with Gasteiger partial charge in [0.15, 0.2) is 5.69 Å². The summed E-state index contributed by atoms with van der Waals surface area (Å²) in [6.07, 6.45) is 8.31. The Morgan fingerprint density at radius 2 is 2.00 bits per heavy atom. The van der Waals surface area contributed by atoms with Crippen LogP contribution in [0.25, 0.3) is 6.08 Å². The number of aromatic nitrogens is 2. The molecule has 2 fully saturated rings. The van der Waals surface area contributed by atoms with Crippen molar-refractivity contribution in [1.82, 2.24) is 9.97 Å². The Morgan fingerprint density at radius 3 is 2.62 bits per heavy atom. The maximum absolute atomic E-state index is 12.0. The van der Waals surface area contributed by atoms with Crippen LogP contribution in [0, 0.1) is 0 Å². The number of methoxy groups -OCH3 is 1. The van der Waals surface area contributed by atoms with Crippen LogP contribution in [0.2, 0.25) is 5.02 Å². The minimum atomic E-state index is -0.535. The van der Waals surface area contributed by atoms with E-state index in [9.17, 15) is 4.79 Å². The number of rotatable bonds is 6. The van der Waals surface area contributed by atoms with Crippen LogP contribution in [-0.2, 0) is 4.74 Å². The number of benzene rings is 1. The van der Waals surface area contributed by atoms with Gasteiger partial charge in [0, 0.05) is 5.92 Å². The normalized spacial score (nSPS) is 17.9. The number of nitrogens with one attached hydrogen (secondary N) is 1. The molecule has 0 bridgehead atoms. The number of hydrogen-bond acceptors (Lipinski definition) is 5. The lowest BCUT2D eigenvalue weighted by Gasteiger charge is -2.17. The van der Waals surface area contributed by atoms with Crippen molar-refractivity contribution >= 4 is 29.5 Å². The average molecular weight is 370 g/mol. The van der Waals surface area contributed by atoms with E-state index < -0.39 is 5.97 Å². The summed E-state index contributed by atoms with van der Waals surface area (Å²) in [6.45, 7) is 0. The van der Waals surface area contributed by atoms with Crippen molar-refractivity contribution in [3.05, 3.63) is 58.5 Å². The minimum absolute atomic E-state index is 0.136. The standard InChI is InChI=1S/C20H20ClN3O2/c1-26-19(25)16-15(21)18(23-17(22-16)14-7-8-14)24-20(11-12-20)10-9-13-5-3-2-4-6-13/h2-6,9-10,14H,7-8,11-12H2,1H3,(H,22,23,24)/b10-9-. The summed E-state index contributed by atoms with van der Waals surface area (Å²) < 4.78 is 4.82. The second-order valence-corrected chi connectivity index (χ2v) is 7.26. The van der Waals surface area contributed by atoms with Crippen molar-refractivity contribution in [1.29, 1.82) is 0 Å². The molecule has 5 nitrogen and oxygen atoms in total. The molecule has 0 radical (unpaired) electrons. The lowest BCUT2D eigenvalue weighted by Crippen LogP contribution is -2.21. The van der Waals surface area contributed by atoms with Gasteiger partial charge in [-0.15, -0.1) is 0 Å². The summed E-state index contributed by atoms with van der Waals surface area (Å²) in [4.78, 5) is 21.0. The van der Waals surface area contributed by atoms with Crippen molar-refractivity contribution in [2.75, 3.05) is 12.4 Å². The number of nitrogens with zero attached hydrogens (tertiary/aromatic N) is 2. The van der Waals surface area contributed by atoms with E-state index in [1.54, 1.807) is 0 Å². The zero-order chi connectivity index (χ0) is 18.1. The number of halogens is 1. The number of carbonyl (C=O) groups is 1. The Bertz CT molecular complexity index is 859. The second kappa shape index (κ2) is 6.72. The fourth-order valence-corrected chi connectivity index (χ4v) is 3.04. The summed E-state index contributed by atoms with van der Waals surface area (Å²) in [6, 6.07) is 10.1. The van der Waals surface area contributed by atoms with Gasteiger partial charge in [0.1, 0.15) is 16.7 Å². The molecule has 2 aliphatic rings. The fraction of sp³-hybridized carbons (Fsp3) is 0.350. The van der Waals surface area contributed by atoms with E-state index >= 15 is 0 Å². The summed E-state index contributed by atoms with van der Waals surface area (Å²) in [5.74, 6) is 0.956. The van der Waals surface area contributed by atoms with Crippen LogP contribution in [0.1, 0.15) is 53.5 Å². The molecule has 4 rings (SSSR count). The van der Waals surface area contributed by atoms with Gasteiger partial charge in [0.05, 0.1) is 12.6 Å². The molecule has 6 heteroatoms. The zero-order valence-electron chi connectivity index (χ0n) is 14.5. The number of hydrogen-bond donors (Lipinski definition) is 1. The molecular weight excluding hydrogens is 350 g/mol.